The largest absolute Gasteiger partial charge is 0.493 e. The average Bonchev–Trinajstić information content (AvgIpc) is 2.07. The number of hydrogen-bond acceptors (Lipinski definition) is 3. The number of aryl methyl sites for hydroxylation is 1. The van der Waals surface area contributed by atoms with E-state index in [2.05, 4.69) is 0 Å². The van der Waals surface area contributed by atoms with Gasteiger partial charge in [-0.3, -0.25) is 0 Å². The highest BCUT2D eigenvalue weighted by atomic mass is 16.3. The zero-order valence-electron chi connectivity index (χ0n) is 6.87. The summed E-state index contributed by atoms with van der Waals surface area (Å²) in [5, 5.41) is 20.2. The van der Waals surface area contributed by atoms with Crippen LogP contribution in [0.25, 0.3) is 0 Å². The van der Waals surface area contributed by atoms with Crippen LogP contribution in [0.3, 0.4) is 0 Å². The van der Waals surface area contributed by atoms with E-state index in [4.69, 9.17) is 0 Å². The summed E-state index contributed by atoms with van der Waals surface area (Å²) in [7, 11) is 3.47. The minimum atomic E-state index is 0.0463. The van der Waals surface area contributed by atoms with Gasteiger partial charge in [0.25, 0.3) is 0 Å². The van der Waals surface area contributed by atoms with Crippen LogP contribution in [0.1, 0.15) is 5.56 Å². The van der Waals surface area contributed by atoms with Crippen LogP contribution in [0, 0.1) is 6.92 Å². The van der Waals surface area contributed by atoms with Crippen molar-refractivity contribution in [2.45, 2.75) is 6.92 Å². The third-order valence-corrected chi connectivity index (χ3v) is 1.52. The molecule has 0 radical (unpaired) electrons. The van der Waals surface area contributed by atoms with Crippen LogP contribution in [0.15, 0.2) is 6.07 Å². The van der Waals surface area contributed by atoms with E-state index in [1.807, 2.05) is 0 Å². The van der Waals surface area contributed by atoms with E-state index >= 15 is 0 Å². The first-order chi connectivity index (χ1) is 5.04. The molecule has 1 aromatic heterocycles. The van der Waals surface area contributed by atoms with E-state index in [1.54, 1.807) is 26.0 Å². The van der Waals surface area contributed by atoms with Crippen LogP contribution >= 0.6 is 0 Å². The number of nitrogens with zero attached hydrogens (tertiary/aromatic N) is 2. The molecule has 4 heteroatoms. The maximum atomic E-state index is 9.35. The molecule has 0 saturated carbocycles. The van der Waals surface area contributed by atoms with Crippen molar-refractivity contribution >= 4 is 0 Å². The first kappa shape index (κ1) is 7.78. The first-order valence-electron chi connectivity index (χ1n) is 3.32. The second-order valence-corrected chi connectivity index (χ2v) is 2.67. The topological polar surface area (TPSA) is 48.6 Å². The number of hydrogen-bond donors (Lipinski definition) is 2. The van der Waals surface area contributed by atoms with Gasteiger partial charge in [0.05, 0.1) is 0 Å². The molecule has 0 bridgehead atoms. The quantitative estimate of drug-likeness (QED) is 0.619. The smallest absolute Gasteiger partial charge is 0.216 e. The fourth-order valence-electron chi connectivity index (χ4n) is 0.989. The average molecular weight is 156 g/mol. The van der Waals surface area contributed by atoms with Crippen molar-refractivity contribution in [1.82, 2.24) is 4.68 Å². The predicted molar refractivity (Wildman–Crippen MR) is 42.6 cm³/mol. The molecule has 0 aliphatic rings. The Morgan fingerprint density at radius 1 is 1.36 bits per heavy atom. The molecule has 0 aromatic carbocycles. The van der Waals surface area contributed by atoms with Crippen molar-refractivity contribution in [3.8, 4) is 11.8 Å². The van der Waals surface area contributed by atoms with E-state index in [9.17, 15) is 10.2 Å². The Hall–Kier alpha value is -1.32. The molecule has 0 aliphatic carbocycles. The lowest BCUT2D eigenvalue weighted by molar-refractivity contribution is 0.371. The number of aromatic nitrogens is 1. The molecule has 0 saturated heterocycles. The van der Waals surface area contributed by atoms with Crippen molar-refractivity contribution in [3.05, 3.63) is 11.6 Å². The Bertz CT molecular complexity index is 266. The van der Waals surface area contributed by atoms with Gasteiger partial charge in [-0.05, 0) is 6.92 Å². The molecule has 0 fully saturated rings. The zero-order chi connectivity index (χ0) is 8.59. The van der Waals surface area contributed by atoms with Gasteiger partial charge in [-0.15, -0.1) is 0 Å². The van der Waals surface area contributed by atoms with E-state index in [-0.39, 0.29) is 11.8 Å². The van der Waals surface area contributed by atoms with Crippen LogP contribution in [0.5, 0.6) is 11.8 Å². The molecular formula is C7H12N2O2. The van der Waals surface area contributed by atoms with E-state index in [0.717, 1.165) is 0 Å². The Kier molecular flexibility index (Phi) is 1.68. The minimum absolute atomic E-state index is 0.0463. The first-order valence-corrected chi connectivity index (χ1v) is 3.32. The summed E-state index contributed by atoms with van der Waals surface area (Å²) in [4.78, 5) is 0. The summed E-state index contributed by atoms with van der Waals surface area (Å²) in [5.74, 6) is 0.123. The van der Waals surface area contributed by atoms with Crippen LogP contribution in [0.2, 0.25) is 0 Å². The molecule has 62 valence electrons. The summed E-state index contributed by atoms with van der Waals surface area (Å²) in [6.45, 7) is 1.73. The second-order valence-electron chi connectivity index (χ2n) is 2.67. The van der Waals surface area contributed by atoms with Gasteiger partial charge in [-0.2, -0.15) is 4.68 Å². The van der Waals surface area contributed by atoms with Crippen LogP contribution in [-0.2, 0) is 0 Å². The zero-order valence-corrected chi connectivity index (χ0v) is 6.87. The fourth-order valence-corrected chi connectivity index (χ4v) is 0.989. The molecule has 4 nitrogen and oxygen atoms in total. The summed E-state index contributed by atoms with van der Waals surface area (Å²) in [6.07, 6.45) is 0. The van der Waals surface area contributed by atoms with Crippen LogP contribution in [-0.4, -0.2) is 29.0 Å². The molecule has 1 rings (SSSR count). The number of rotatable bonds is 1. The van der Waals surface area contributed by atoms with Gasteiger partial charge in [0.15, 0.2) is 0 Å². The van der Waals surface area contributed by atoms with Crippen molar-refractivity contribution in [1.29, 1.82) is 0 Å². The van der Waals surface area contributed by atoms with Crippen LogP contribution in [0.4, 0.5) is 0 Å². The predicted octanol–water partition coefficient (Wildman–Crippen LogP) is 0.405. The van der Waals surface area contributed by atoms with E-state index in [1.165, 1.54) is 10.7 Å². The summed E-state index contributed by atoms with van der Waals surface area (Å²) >= 11 is 0. The molecule has 1 heterocycles. The Labute approximate surface area is 65.3 Å². The molecule has 2 N–H and O–H groups in total. The molecule has 0 unspecified atom stereocenters. The van der Waals surface area contributed by atoms with Gasteiger partial charge >= 0.3 is 0 Å². The summed E-state index contributed by atoms with van der Waals surface area (Å²) in [6, 6.07) is 1.51. The second kappa shape index (κ2) is 2.38. The lowest BCUT2D eigenvalue weighted by Crippen LogP contribution is -2.23. The van der Waals surface area contributed by atoms with Gasteiger partial charge in [0.1, 0.15) is 0 Å². The van der Waals surface area contributed by atoms with Gasteiger partial charge in [0.2, 0.25) is 11.8 Å². The van der Waals surface area contributed by atoms with Crippen molar-refractivity contribution in [3.63, 3.8) is 0 Å². The van der Waals surface area contributed by atoms with Gasteiger partial charge in [-0.1, -0.05) is 0 Å². The molecule has 0 aliphatic heterocycles. The fraction of sp³-hybridized carbons (Fsp3) is 0.429. The summed E-state index contributed by atoms with van der Waals surface area (Å²) in [5.41, 5.74) is 0.663. The van der Waals surface area contributed by atoms with Gasteiger partial charge in [0, 0.05) is 25.7 Å². The molecular weight excluding hydrogens is 144 g/mol. The normalized spacial score (nSPS) is 10.1. The molecule has 0 amide bonds. The lowest BCUT2D eigenvalue weighted by Gasteiger charge is -2.15. The Morgan fingerprint density at radius 3 is 2.09 bits per heavy atom. The lowest BCUT2D eigenvalue weighted by atomic mass is 10.4. The standard InChI is InChI=1S/C7H12N2O2/c1-5-4-6(10)9(7(5)11)8(2)3/h4,10-11H,1-3H3. The van der Waals surface area contributed by atoms with Crippen molar-refractivity contribution in [2.75, 3.05) is 19.1 Å². The van der Waals surface area contributed by atoms with E-state index < -0.39 is 0 Å². The molecule has 0 atom stereocenters. The highest BCUT2D eigenvalue weighted by Crippen LogP contribution is 2.25. The Morgan fingerprint density at radius 2 is 1.91 bits per heavy atom. The highest BCUT2D eigenvalue weighted by Gasteiger charge is 2.10. The number of aromatic hydroxyl groups is 2. The SMILES string of the molecule is Cc1cc(O)n(N(C)C)c1O. The minimum Gasteiger partial charge on any atom is -0.493 e. The Balaban J connectivity index is 3.22. The third-order valence-electron chi connectivity index (χ3n) is 1.52. The maximum absolute atomic E-state index is 9.35. The van der Waals surface area contributed by atoms with Gasteiger partial charge in [-0.25, -0.2) is 0 Å². The molecule has 11 heavy (non-hydrogen) atoms. The van der Waals surface area contributed by atoms with Crippen molar-refractivity contribution in [2.24, 2.45) is 0 Å². The summed E-state index contributed by atoms with van der Waals surface area (Å²) < 4.78 is 1.31. The van der Waals surface area contributed by atoms with Crippen molar-refractivity contribution < 1.29 is 10.2 Å². The van der Waals surface area contributed by atoms with E-state index in [0.29, 0.717) is 5.56 Å². The van der Waals surface area contributed by atoms with Gasteiger partial charge < -0.3 is 15.2 Å². The van der Waals surface area contributed by atoms with Crippen LogP contribution < -0.4 is 5.01 Å². The monoisotopic (exact) mass is 156 g/mol. The molecule has 1 aromatic rings. The molecule has 0 spiro atoms. The maximum Gasteiger partial charge on any atom is 0.216 e. The third kappa shape index (κ3) is 1.11. The highest BCUT2D eigenvalue weighted by molar-refractivity contribution is 5.35.